The predicted octanol–water partition coefficient (Wildman–Crippen LogP) is 2.57. The van der Waals surface area contributed by atoms with Gasteiger partial charge in [-0.15, -0.1) is 0 Å². The lowest BCUT2D eigenvalue weighted by Crippen LogP contribution is -2.51. The Morgan fingerprint density at radius 2 is 2.00 bits per heavy atom. The van der Waals surface area contributed by atoms with Crippen LogP contribution in [0.4, 0.5) is 0 Å². The van der Waals surface area contributed by atoms with Crippen molar-refractivity contribution in [3.8, 4) is 0 Å². The normalized spacial score (nSPS) is 30.8. The SMILES string of the molecule is CC1CCCCC1OCCC(C)(NC1CC1)C(=O)O. The second-order valence-electron chi connectivity index (χ2n) is 6.48. The quantitative estimate of drug-likeness (QED) is 0.746. The zero-order valence-electron chi connectivity index (χ0n) is 12.2. The Bertz CT molecular complexity index is 317. The molecule has 0 aromatic rings. The molecule has 0 radical (unpaired) electrons. The zero-order chi connectivity index (χ0) is 13.9. The van der Waals surface area contributed by atoms with Crippen LogP contribution in [-0.2, 0) is 9.53 Å². The van der Waals surface area contributed by atoms with E-state index in [0.29, 0.717) is 31.1 Å². The maximum atomic E-state index is 11.4. The number of carbonyl (C=O) groups is 1. The first-order chi connectivity index (χ1) is 9.01. The Hall–Kier alpha value is -0.610. The minimum atomic E-state index is -0.834. The highest BCUT2D eigenvalue weighted by molar-refractivity contribution is 5.78. The highest BCUT2D eigenvalue weighted by Crippen LogP contribution is 2.28. The number of aliphatic carboxylic acids is 1. The van der Waals surface area contributed by atoms with Gasteiger partial charge >= 0.3 is 5.97 Å². The smallest absolute Gasteiger partial charge is 0.323 e. The Labute approximate surface area is 115 Å². The van der Waals surface area contributed by atoms with Crippen LogP contribution < -0.4 is 5.32 Å². The van der Waals surface area contributed by atoms with E-state index in [2.05, 4.69) is 12.2 Å². The molecule has 4 nitrogen and oxygen atoms in total. The minimum Gasteiger partial charge on any atom is -0.480 e. The Morgan fingerprint density at radius 1 is 1.32 bits per heavy atom. The number of rotatable bonds is 7. The summed E-state index contributed by atoms with van der Waals surface area (Å²) in [6, 6.07) is 0.398. The average molecular weight is 269 g/mol. The molecular formula is C15H27NO3. The Kier molecular flexibility index (Phi) is 4.85. The number of nitrogens with one attached hydrogen (secondary N) is 1. The number of ether oxygens (including phenoxy) is 1. The molecule has 2 N–H and O–H groups in total. The van der Waals surface area contributed by atoms with Crippen LogP contribution in [0.2, 0.25) is 0 Å². The fraction of sp³-hybridized carbons (Fsp3) is 0.933. The van der Waals surface area contributed by atoms with Crippen molar-refractivity contribution in [1.82, 2.24) is 5.32 Å². The molecule has 3 atom stereocenters. The molecule has 110 valence electrons. The third-order valence-electron chi connectivity index (χ3n) is 4.54. The van der Waals surface area contributed by atoms with Gasteiger partial charge in [0.25, 0.3) is 0 Å². The summed E-state index contributed by atoms with van der Waals surface area (Å²) in [7, 11) is 0. The van der Waals surface area contributed by atoms with E-state index in [0.717, 1.165) is 19.3 Å². The van der Waals surface area contributed by atoms with Crippen molar-refractivity contribution in [2.24, 2.45) is 5.92 Å². The van der Waals surface area contributed by atoms with E-state index in [1.54, 1.807) is 6.92 Å². The van der Waals surface area contributed by atoms with Crippen molar-refractivity contribution in [3.63, 3.8) is 0 Å². The average Bonchev–Trinajstić information content (AvgIpc) is 3.15. The summed E-state index contributed by atoms with van der Waals surface area (Å²) in [6.07, 6.45) is 7.98. The van der Waals surface area contributed by atoms with Gasteiger partial charge in [-0.2, -0.15) is 0 Å². The molecule has 2 aliphatic rings. The van der Waals surface area contributed by atoms with Crippen molar-refractivity contribution < 1.29 is 14.6 Å². The molecule has 0 aromatic carbocycles. The van der Waals surface area contributed by atoms with E-state index in [-0.39, 0.29) is 0 Å². The summed E-state index contributed by atoms with van der Waals surface area (Å²) in [6.45, 7) is 4.56. The van der Waals surface area contributed by atoms with Crippen LogP contribution in [-0.4, -0.2) is 35.4 Å². The van der Waals surface area contributed by atoms with Crippen LogP contribution in [0.15, 0.2) is 0 Å². The van der Waals surface area contributed by atoms with Crippen LogP contribution in [0.5, 0.6) is 0 Å². The molecule has 3 unspecified atom stereocenters. The molecular weight excluding hydrogens is 242 g/mol. The van der Waals surface area contributed by atoms with Crippen LogP contribution in [0.25, 0.3) is 0 Å². The number of hydrogen-bond donors (Lipinski definition) is 2. The molecule has 0 amide bonds. The molecule has 19 heavy (non-hydrogen) atoms. The van der Waals surface area contributed by atoms with E-state index >= 15 is 0 Å². The van der Waals surface area contributed by atoms with Crippen molar-refractivity contribution >= 4 is 5.97 Å². The lowest BCUT2D eigenvalue weighted by molar-refractivity contribution is -0.145. The van der Waals surface area contributed by atoms with Gasteiger partial charge in [-0.1, -0.05) is 19.8 Å². The molecule has 2 rings (SSSR count). The topological polar surface area (TPSA) is 58.6 Å². The van der Waals surface area contributed by atoms with Crippen molar-refractivity contribution in [3.05, 3.63) is 0 Å². The van der Waals surface area contributed by atoms with Crippen molar-refractivity contribution in [2.75, 3.05) is 6.61 Å². The van der Waals surface area contributed by atoms with E-state index in [4.69, 9.17) is 4.74 Å². The summed E-state index contributed by atoms with van der Waals surface area (Å²) < 4.78 is 5.94. The van der Waals surface area contributed by atoms with Gasteiger partial charge in [0.2, 0.25) is 0 Å². The standard InChI is InChI=1S/C15H27NO3/c1-11-5-3-4-6-13(11)19-10-9-15(2,14(17)18)16-12-7-8-12/h11-13,16H,3-10H2,1-2H3,(H,17,18). The van der Waals surface area contributed by atoms with Crippen LogP contribution in [0.1, 0.15) is 58.8 Å². The first kappa shape index (κ1) is 14.8. The number of hydrogen-bond acceptors (Lipinski definition) is 3. The Balaban J connectivity index is 1.76. The van der Waals surface area contributed by atoms with Crippen LogP contribution in [0, 0.1) is 5.92 Å². The van der Waals surface area contributed by atoms with Gasteiger partial charge < -0.3 is 9.84 Å². The summed E-state index contributed by atoms with van der Waals surface area (Å²) in [4.78, 5) is 11.4. The second kappa shape index (κ2) is 6.23. The van der Waals surface area contributed by atoms with Crippen molar-refractivity contribution in [2.45, 2.75) is 76.5 Å². The fourth-order valence-electron chi connectivity index (χ4n) is 2.86. The van der Waals surface area contributed by atoms with Crippen LogP contribution in [0.3, 0.4) is 0 Å². The molecule has 2 fully saturated rings. The van der Waals surface area contributed by atoms with Gasteiger partial charge in [-0.05, 0) is 44.9 Å². The monoisotopic (exact) mass is 269 g/mol. The van der Waals surface area contributed by atoms with Gasteiger partial charge in [-0.3, -0.25) is 10.1 Å². The Morgan fingerprint density at radius 3 is 2.58 bits per heavy atom. The maximum Gasteiger partial charge on any atom is 0.323 e. The molecule has 2 aliphatic carbocycles. The number of carboxylic acids is 1. The van der Waals surface area contributed by atoms with E-state index in [1.807, 2.05) is 0 Å². The second-order valence-corrected chi connectivity index (χ2v) is 6.48. The summed E-state index contributed by atoms with van der Waals surface area (Å²) >= 11 is 0. The highest BCUT2D eigenvalue weighted by atomic mass is 16.5. The lowest BCUT2D eigenvalue weighted by atomic mass is 9.88. The molecule has 2 saturated carbocycles. The first-order valence-electron chi connectivity index (χ1n) is 7.64. The molecule has 0 spiro atoms. The molecule has 4 heteroatoms. The largest absolute Gasteiger partial charge is 0.480 e. The third-order valence-corrected chi connectivity index (χ3v) is 4.54. The minimum absolute atomic E-state index is 0.327. The zero-order valence-corrected chi connectivity index (χ0v) is 12.2. The predicted molar refractivity (Wildman–Crippen MR) is 74.2 cm³/mol. The molecule has 0 aromatic heterocycles. The third kappa shape index (κ3) is 4.18. The number of carboxylic acid groups (broad SMARTS) is 1. The highest BCUT2D eigenvalue weighted by Gasteiger charge is 2.38. The maximum absolute atomic E-state index is 11.4. The summed E-state index contributed by atoms with van der Waals surface area (Å²) in [5.74, 6) is -0.152. The molecule has 0 saturated heterocycles. The van der Waals surface area contributed by atoms with Gasteiger partial charge in [0.1, 0.15) is 5.54 Å². The summed E-state index contributed by atoms with van der Waals surface area (Å²) in [5.41, 5.74) is -0.834. The van der Waals surface area contributed by atoms with Crippen LogP contribution >= 0.6 is 0 Å². The molecule has 0 aliphatic heterocycles. The van der Waals surface area contributed by atoms with E-state index < -0.39 is 11.5 Å². The van der Waals surface area contributed by atoms with Crippen molar-refractivity contribution in [1.29, 1.82) is 0 Å². The van der Waals surface area contributed by atoms with Gasteiger partial charge in [0.05, 0.1) is 6.10 Å². The summed E-state index contributed by atoms with van der Waals surface area (Å²) in [5, 5.41) is 12.6. The fourth-order valence-corrected chi connectivity index (χ4v) is 2.86. The van der Waals surface area contributed by atoms with E-state index in [1.165, 1.54) is 19.3 Å². The molecule has 0 bridgehead atoms. The van der Waals surface area contributed by atoms with Gasteiger partial charge in [0.15, 0.2) is 0 Å². The lowest BCUT2D eigenvalue weighted by Gasteiger charge is -2.31. The molecule has 0 heterocycles. The van der Waals surface area contributed by atoms with E-state index in [9.17, 15) is 9.90 Å². The van der Waals surface area contributed by atoms with Gasteiger partial charge in [-0.25, -0.2) is 0 Å². The first-order valence-corrected chi connectivity index (χ1v) is 7.64. The van der Waals surface area contributed by atoms with Gasteiger partial charge in [0, 0.05) is 12.6 Å².